The van der Waals surface area contributed by atoms with Crippen LogP contribution in [0.1, 0.15) is 38.5 Å². The average Bonchev–Trinajstić information content (AvgIpc) is 2.31. The van der Waals surface area contributed by atoms with E-state index < -0.39 is 0 Å². The summed E-state index contributed by atoms with van der Waals surface area (Å²) in [5, 5.41) is 3.72. The Morgan fingerprint density at radius 2 is 2.00 bits per heavy atom. The Balaban J connectivity index is 1.72. The third-order valence-corrected chi connectivity index (χ3v) is 3.59. The molecular formula is C12H23NO2. The third kappa shape index (κ3) is 3.44. The van der Waals surface area contributed by atoms with Crippen LogP contribution in [0.3, 0.4) is 0 Å². The zero-order valence-corrected chi connectivity index (χ0v) is 9.71. The number of ether oxygens (including phenoxy) is 2. The van der Waals surface area contributed by atoms with Crippen LogP contribution in [-0.4, -0.2) is 38.5 Å². The third-order valence-electron chi connectivity index (χ3n) is 3.59. The van der Waals surface area contributed by atoms with Gasteiger partial charge in [0.2, 0.25) is 0 Å². The predicted octanol–water partition coefficient (Wildman–Crippen LogP) is 1.71. The molecule has 0 radical (unpaired) electrons. The van der Waals surface area contributed by atoms with Crippen LogP contribution in [0.15, 0.2) is 0 Å². The van der Waals surface area contributed by atoms with Gasteiger partial charge < -0.3 is 14.8 Å². The number of methoxy groups -OCH3 is 1. The van der Waals surface area contributed by atoms with Crippen molar-refractivity contribution in [1.82, 2.24) is 5.32 Å². The summed E-state index contributed by atoms with van der Waals surface area (Å²) < 4.78 is 10.9. The highest BCUT2D eigenvalue weighted by molar-refractivity contribution is 4.82. The van der Waals surface area contributed by atoms with Gasteiger partial charge >= 0.3 is 0 Å². The fourth-order valence-electron chi connectivity index (χ4n) is 2.72. The minimum atomic E-state index is 0.473. The first kappa shape index (κ1) is 11.4. The van der Waals surface area contributed by atoms with Crippen molar-refractivity contribution in [1.29, 1.82) is 0 Å². The summed E-state index contributed by atoms with van der Waals surface area (Å²) in [4.78, 5) is 0. The molecule has 88 valence electrons. The van der Waals surface area contributed by atoms with Crippen molar-refractivity contribution in [2.24, 2.45) is 0 Å². The van der Waals surface area contributed by atoms with E-state index in [1.54, 1.807) is 0 Å². The van der Waals surface area contributed by atoms with Crippen molar-refractivity contribution in [2.75, 3.05) is 20.3 Å². The molecule has 0 aromatic heterocycles. The molecule has 3 unspecified atom stereocenters. The molecule has 15 heavy (non-hydrogen) atoms. The molecule has 1 N–H and O–H groups in total. The minimum absolute atomic E-state index is 0.473. The van der Waals surface area contributed by atoms with Gasteiger partial charge in [-0.15, -0.1) is 0 Å². The molecule has 3 nitrogen and oxygen atoms in total. The van der Waals surface area contributed by atoms with Gasteiger partial charge in [-0.25, -0.2) is 0 Å². The molecule has 0 spiro atoms. The quantitative estimate of drug-likeness (QED) is 0.774. The summed E-state index contributed by atoms with van der Waals surface area (Å²) in [5.41, 5.74) is 0. The SMILES string of the molecule is COC1CCCC(NC2CCCOC2)C1. The fourth-order valence-corrected chi connectivity index (χ4v) is 2.72. The lowest BCUT2D eigenvalue weighted by atomic mass is 9.92. The van der Waals surface area contributed by atoms with E-state index in [1.807, 2.05) is 7.11 Å². The van der Waals surface area contributed by atoms with Gasteiger partial charge in [-0.1, -0.05) is 0 Å². The summed E-state index contributed by atoms with van der Waals surface area (Å²) in [6.45, 7) is 1.84. The summed E-state index contributed by atoms with van der Waals surface area (Å²) in [6, 6.07) is 1.23. The zero-order chi connectivity index (χ0) is 10.5. The number of hydrogen-bond donors (Lipinski definition) is 1. The maximum Gasteiger partial charge on any atom is 0.0619 e. The molecule has 1 aliphatic heterocycles. The summed E-state index contributed by atoms with van der Waals surface area (Å²) in [6.07, 6.45) is 7.95. The van der Waals surface area contributed by atoms with Gasteiger partial charge in [-0.2, -0.15) is 0 Å². The van der Waals surface area contributed by atoms with Gasteiger partial charge in [0.25, 0.3) is 0 Å². The van der Waals surface area contributed by atoms with E-state index in [4.69, 9.17) is 9.47 Å². The lowest BCUT2D eigenvalue weighted by Gasteiger charge is -2.33. The van der Waals surface area contributed by atoms with Crippen LogP contribution in [0, 0.1) is 0 Å². The topological polar surface area (TPSA) is 30.5 Å². The Bertz CT molecular complexity index is 180. The highest BCUT2D eigenvalue weighted by Gasteiger charge is 2.24. The Labute approximate surface area is 92.5 Å². The van der Waals surface area contributed by atoms with Gasteiger partial charge in [0.1, 0.15) is 0 Å². The zero-order valence-electron chi connectivity index (χ0n) is 9.71. The lowest BCUT2D eigenvalue weighted by Crippen LogP contribution is -2.46. The standard InChI is InChI=1S/C12H23NO2/c1-14-12-6-2-4-10(8-12)13-11-5-3-7-15-9-11/h10-13H,2-9H2,1H3. The van der Waals surface area contributed by atoms with Crippen molar-refractivity contribution in [3.8, 4) is 0 Å². The van der Waals surface area contributed by atoms with E-state index in [0.717, 1.165) is 13.2 Å². The highest BCUT2D eigenvalue weighted by Crippen LogP contribution is 2.21. The molecule has 1 heterocycles. The van der Waals surface area contributed by atoms with E-state index in [9.17, 15) is 0 Å². The molecule has 0 aromatic rings. The summed E-state index contributed by atoms with van der Waals surface area (Å²) in [7, 11) is 1.83. The van der Waals surface area contributed by atoms with Crippen LogP contribution in [0.2, 0.25) is 0 Å². The predicted molar refractivity (Wildman–Crippen MR) is 60.0 cm³/mol. The lowest BCUT2D eigenvalue weighted by molar-refractivity contribution is 0.0388. The monoisotopic (exact) mass is 213 g/mol. The van der Waals surface area contributed by atoms with Crippen LogP contribution in [-0.2, 0) is 9.47 Å². The Kier molecular flexibility index (Phi) is 4.42. The second-order valence-corrected chi connectivity index (χ2v) is 4.80. The van der Waals surface area contributed by atoms with Gasteiger partial charge in [-0.3, -0.25) is 0 Å². The molecule has 2 fully saturated rings. The summed E-state index contributed by atoms with van der Waals surface area (Å²) in [5.74, 6) is 0. The average molecular weight is 213 g/mol. The number of nitrogens with one attached hydrogen (secondary N) is 1. The molecule has 2 rings (SSSR count). The smallest absolute Gasteiger partial charge is 0.0619 e. The van der Waals surface area contributed by atoms with E-state index in [2.05, 4.69) is 5.32 Å². The first-order valence-electron chi connectivity index (χ1n) is 6.25. The van der Waals surface area contributed by atoms with Crippen LogP contribution in [0.25, 0.3) is 0 Å². The normalized spacial score (nSPS) is 37.8. The molecular weight excluding hydrogens is 190 g/mol. The maximum atomic E-state index is 5.48. The van der Waals surface area contributed by atoms with E-state index in [0.29, 0.717) is 18.2 Å². The van der Waals surface area contributed by atoms with Crippen LogP contribution < -0.4 is 5.32 Å². The molecule has 1 saturated carbocycles. The van der Waals surface area contributed by atoms with Gasteiger partial charge in [0, 0.05) is 25.8 Å². The van der Waals surface area contributed by atoms with Crippen molar-refractivity contribution in [3.05, 3.63) is 0 Å². The molecule has 0 aromatic carbocycles. The van der Waals surface area contributed by atoms with E-state index >= 15 is 0 Å². The van der Waals surface area contributed by atoms with Crippen LogP contribution in [0.5, 0.6) is 0 Å². The van der Waals surface area contributed by atoms with E-state index in [1.165, 1.54) is 38.5 Å². The number of hydrogen-bond acceptors (Lipinski definition) is 3. The maximum absolute atomic E-state index is 5.48. The Hall–Kier alpha value is -0.120. The largest absolute Gasteiger partial charge is 0.381 e. The van der Waals surface area contributed by atoms with Crippen molar-refractivity contribution in [3.63, 3.8) is 0 Å². The van der Waals surface area contributed by atoms with Crippen molar-refractivity contribution in [2.45, 2.75) is 56.7 Å². The second kappa shape index (κ2) is 5.83. The van der Waals surface area contributed by atoms with Crippen LogP contribution in [0.4, 0.5) is 0 Å². The molecule has 3 atom stereocenters. The Morgan fingerprint density at radius 1 is 1.13 bits per heavy atom. The van der Waals surface area contributed by atoms with Crippen LogP contribution >= 0.6 is 0 Å². The minimum Gasteiger partial charge on any atom is -0.381 e. The first-order valence-corrected chi connectivity index (χ1v) is 6.25. The first-order chi connectivity index (χ1) is 7.38. The van der Waals surface area contributed by atoms with E-state index in [-0.39, 0.29) is 0 Å². The Morgan fingerprint density at radius 3 is 2.73 bits per heavy atom. The van der Waals surface area contributed by atoms with Crippen molar-refractivity contribution < 1.29 is 9.47 Å². The molecule has 2 aliphatic rings. The molecule has 1 aliphatic carbocycles. The fraction of sp³-hybridized carbons (Fsp3) is 1.00. The number of rotatable bonds is 3. The molecule has 0 amide bonds. The molecule has 0 bridgehead atoms. The van der Waals surface area contributed by atoms with Gasteiger partial charge in [-0.05, 0) is 38.5 Å². The summed E-state index contributed by atoms with van der Waals surface area (Å²) >= 11 is 0. The highest BCUT2D eigenvalue weighted by atomic mass is 16.5. The van der Waals surface area contributed by atoms with Crippen molar-refractivity contribution >= 4 is 0 Å². The molecule has 3 heteroatoms. The van der Waals surface area contributed by atoms with Gasteiger partial charge in [0.15, 0.2) is 0 Å². The second-order valence-electron chi connectivity index (χ2n) is 4.80. The molecule has 1 saturated heterocycles. The van der Waals surface area contributed by atoms with Gasteiger partial charge in [0.05, 0.1) is 12.7 Å².